The molecule has 3 heterocycles. The number of alkyl halides is 3. The van der Waals surface area contributed by atoms with Gasteiger partial charge < -0.3 is 10.4 Å². The second kappa shape index (κ2) is 13.9. The molecule has 2 fully saturated rings. The minimum Gasteiger partial charge on any atom is -0.480 e. The molecule has 250 valence electrons. The van der Waals surface area contributed by atoms with E-state index < -0.39 is 36.1 Å². The van der Waals surface area contributed by atoms with Crippen LogP contribution in [-0.2, 0) is 22.6 Å². The van der Waals surface area contributed by atoms with E-state index in [0.29, 0.717) is 5.56 Å². The number of carbonyl (C=O) groups is 2. The van der Waals surface area contributed by atoms with Crippen molar-refractivity contribution in [2.24, 2.45) is 5.41 Å². The number of aliphatic carboxylic acids is 1. The van der Waals surface area contributed by atoms with Crippen LogP contribution in [0.15, 0.2) is 66.9 Å². The number of rotatable bonds is 9. The predicted molar refractivity (Wildman–Crippen MR) is 177 cm³/mol. The average molecular weight is 658 g/mol. The first-order chi connectivity index (χ1) is 23.1. The van der Waals surface area contributed by atoms with Crippen LogP contribution in [0.4, 0.5) is 13.2 Å². The lowest BCUT2D eigenvalue weighted by atomic mass is 9.78. The zero-order chi connectivity index (χ0) is 33.9. The second-order valence-corrected chi connectivity index (χ2v) is 13.0. The number of likely N-dealkylation sites (tertiary alicyclic amines) is 2. The Morgan fingerprint density at radius 3 is 2.21 bits per heavy atom. The lowest BCUT2D eigenvalue weighted by molar-refractivity contribution is -0.152. The first kappa shape index (κ1) is 33.4. The molecule has 4 aromatic rings. The summed E-state index contributed by atoms with van der Waals surface area (Å²) in [7, 11) is 0. The van der Waals surface area contributed by atoms with Gasteiger partial charge in [-0.2, -0.15) is 18.4 Å². The number of carboxylic acids is 1. The van der Waals surface area contributed by atoms with E-state index in [1.807, 2.05) is 60.8 Å². The first-order valence-corrected chi connectivity index (χ1v) is 16.4. The average Bonchev–Trinajstić information content (AvgIpc) is 3.08. The topological polar surface area (TPSA) is 110 Å². The van der Waals surface area contributed by atoms with Crippen molar-refractivity contribution >= 4 is 33.4 Å². The Bertz CT molecular complexity index is 1860. The molecule has 2 aliphatic rings. The third kappa shape index (κ3) is 7.15. The molecule has 2 aliphatic heterocycles. The van der Waals surface area contributed by atoms with E-state index in [1.54, 1.807) is 0 Å². The number of hydrogen-bond acceptors (Lipinski definition) is 6. The minimum absolute atomic E-state index is 0.0491. The monoisotopic (exact) mass is 657 g/mol. The van der Waals surface area contributed by atoms with E-state index >= 15 is 0 Å². The Kier molecular flexibility index (Phi) is 9.67. The van der Waals surface area contributed by atoms with Gasteiger partial charge in [0.05, 0.1) is 18.3 Å². The smallest absolute Gasteiger partial charge is 0.401 e. The van der Waals surface area contributed by atoms with Crippen LogP contribution in [-0.4, -0.2) is 76.7 Å². The molecule has 1 aromatic heterocycles. The summed E-state index contributed by atoms with van der Waals surface area (Å²) in [4.78, 5) is 34.4. The number of carboxylic acid groups (broad SMARTS) is 1. The molecule has 0 radical (unpaired) electrons. The Labute approximate surface area is 277 Å². The highest BCUT2D eigenvalue weighted by molar-refractivity contribution is 6.05. The van der Waals surface area contributed by atoms with Crippen molar-refractivity contribution in [2.45, 2.75) is 57.3 Å². The first-order valence-electron chi connectivity index (χ1n) is 16.4. The van der Waals surface area contributed by atoms with Gasteiger partial charge in [0, 0.05) is 43.2 Å². The number of carbonyl (C=O) groups excluding carboxylic acids is 1. The molecular formula is C37H38F3N5O3. The lowest BCUT2D eigenvalue weighted by Crippen LogP contribution is -2.53. The number of piperidine rings is 2. The van der Waals surface area contributed by atoms with Gasteiger partial charge >= 0.3 is 12.1 Å². The number of nitrogens with zero attached hydrogens (tertiary/aromatic N) is 4. The standard InChI is InChI=1S/C37H38F3N5O3/c38-37(39,40)24-45-18-14-36(23-41,15-19-45)35(48)43-32(34(46)47)20-25-8-6-12-29-27(25)11-7-13-31(29)33-30-10-3-2-9-28(30)26(21-42-33)22-44-16-4-1-5-17-44/h2-3,6-13,21,32H,1,4-5,14-20,22,24H2,(H,43,48)(H,46,47)/t32-/m0/s1. The number of hydrogen-bond donors (Lipinski definition) is 2. The van der Waals surface area contributed by atoms with Gasteiger partial charge in [0.2, 0.25) is 5.91 Å². The molecule has 0 bridgehead atoms. The van der Waals surface area contributed by atoms with Crippen molar-refractivity contribution < 1.29 is 27.9 Å². The SMILES string of the molecule is N#CC1(C(=O)N[C@@H](Cc2cccc3c(-c4ncc(CN5CCCCC5)c5ccccc45)cccc23)C(=O)O)CCN(CC(F)(F)F)CC1. The van der Waals surface area contributed by atoms with Gasteiger partial charge in [0.1, 0.15) is 11.5 Å². The summed E-state index contributed by atoms with van der Waals surface area (Å²) in [5.41, 5.74) is 2.00. The molecule has 2 saturated heterocycles. The highest BCUT2D eigenvalue weighted by atomic mass is 19.4. The molecule has 8 nitrogen and oxygen atoms in total. The summed E-state index contributed by atoms with van der Waals surface area (Å²) in [6, 6.07) is 20.3. The van der Waals surface area contributed by atoms with Crippen molar-refractivity contribution in [1.29, 1.82) is 5.26 Å². The summed E-state index contributed by atoms with van der Waals surface area (Å²) in [5, 5.41) is 26.5. The van der Waals surface area contributed by atoms with E-state index in [9.17, 15) is 33.1 Å². The number of nitriles is 1. The molecule has 0 unspecified atom stereocenters. The van der Waals surface area contributed by atoms with E-state index in [4.69, 9.17) is 4.98 Å². The van der Waals surface area contributed by atoms with Gasteiger partial charge in [-0.15, -0.1) is 0 Å². The maximum Gasteiger partial charge on any atom is 0.401 e. The molecule has 1 atom stereocenters. The zero-order valence-corrected chi connectivity index (χ0v) is 26.6. The van der Waals surface area contributed by atoms with Crippen molar-refractivity contribution in [1.82, 2.24) is 20.1 Å². The number of aromatic nitrogens is 1. The third-order valence-electron chi connectivity index (χ3n) is 9.78. The molecule has 48 heavy (non-hydrogen) atoms. The van der Waals surface area contributed by atoms with Crippen LogP contribution in [0.25, 0.3) is 32.8 Å². The highest BCUT2D eigenvalue weighted by Crippen LogP contribution is 2.36. The van der Waals surface area contributed by atoms with Crippen molar-refractivity contribution in [2.75, 3.05) is 32.7 Å². The molecule has 2 N–H and O–H groups in total. The molecule has 1 amide bonds. The zero-order valence-electron chi connectivity index (χ0n) is 26.6. The molecule has 0 spiro atoms. The van der Waals surface area contributed by atoms with Gasteiger partial charge in [-0.25, -0.2) is 4.79 Å². The molecule has 11 heteroatoms. The van der Waals surface area contributed by atoms with Crippen molar-refractivity contribution in [3.63, 3.8) is 0 Å². The fraction of sp³-hybridized carbons (Fsp3) is 0.405. The van der Waals surface area contributed by atoms with E-state index in [1.165, 1.54) is 24.8 Å². The van der Waals surface area contributed by atoms with Gasteiger partial charge in [-0.05, 0) is 66.1 Å². The largest absolute Gasteiger partial charge is 0.480 e. The normalized spacial score (nSPS) is 18.0. The Balaban J connectivity index is 1.26. The Hall–Kier alpha value is -4.53. The van der Waals surface area contributed by atoms with Crippen LogP contribution in [0.2, 0.25) is 0 Å². The van der Waals surface area contributed by atoms with E-state index in [2.05, 4.69) is 22.3 Å². The summed E-state index contributed by atoms with van der Waals surface area (Å²) in [6.07, 6.45) is 0.970. The maximum atomic E-state index is 13.4. The minimum atomic E-state index is -4.39. The third-order valence-corrected chi connectivity index (χ3v) is 9.78. The molecule has 6 rings (SSSR count). The number of fused-ring (bicyclic) bond motifs is 2. The number of amides is 1. The van der Waals surface area contributed by atoms with Gasteiger partial charge in [0.15, 0.2) is 0 Å². The van der Waals surface area contributed by atoms with Gasteiger partial charge in [0.25, 0.3) is 0 Å². The van der Waals surface area contributed by atoms with Crippen LogP contribution in [0.1, 0.15) is 43.2 Å². The van der Waals surface area contributed by atoms with Crippen LogP contribution >= 0.6 is 0 Å². The number of benzene rings is 3. The Morgan fingerprint density at radius 2 is 1.52 bits per heavy atom. The summed E-state index contributed by atoms with van der Waals surface area (Å²) in [6.45, 7) is 1.70. The predicted octanol–water partition coefficient (Wildman–Crippen LogP) is 6.32. The molecule has 0 aliphatic carbocycles. The molecule has 0 saturated carbocycles. The fourth-order valence-corrected chi connectivity index (χ4v) is 7.16. The van der Waals surface area contributed by atoms with Gasteiger partial charge in [-0.3, -0.25) is 19.6 Å². The highest BCUT2D eigenvalue weighted by Gasteiger charge is 2.45. The Morgan fingerprint density at radius 1 is 0.875 bits per heavy atom. The van der Waals surface area contributed by atoms with Crippen LogP contribution in [0.3, 0.4) is 0 Å². The summed E-state index contributed by atoms with van der Waals surface area (Å²) in [5.74, 6) is -2.04. The number of halogens is 3. The molecular weight excluding hydrogens is 619 g/mol. The number of nitrogens with one attached hydrogen (secondary N) is 1. The summed E-state index contributed by atoms with van der Waals surface area (Å²) >= 11 is 0. The van der Waals surface area contributed by atoms with E-state index in [0.717, 1.165) is 57.3 Å². The summed E-state index contributed by atoms with van der Waals surface area (Å²) < 4.78 is 38.6. The van der Waals surface area contributed by atoms with Crippen LogP contribution in [0.5, 0.6) is 0 Å². The van der Waals surface area contributed by atoms with Crippen LogP contribution in [0, 0.1) is 16.7 Å². The maximum absolute atomic E-state index is 13.4. The van der Waals surface area contributed by atoms with Crippen LogP contribution < -0.4 is 5.32 Å². The van der Waals surface area contributed by atoms with Crippen molar-refractivity contribution in [3.05, 3.63) is 78.0 Å². The lowest BCUT2D eigenvalue weighted by Gasteiger charge is -2.36. The fourth-order valence-electron chi connectivity index (χ4n) is 7.16. The quantitative estimate of drug-likeness (QED) is 0.217. The second-order valence-electron chi connectivity index (χ2n) is 13.0. The van der Waals surface area contributed by atoms with Gasteiger partial charge in [-0.1, -0.05) is 67.1 Å². The number of pyridine rings is 1. The molecule has 3 aromatic carbocycles. The van der Waals surface area contributed by atoms with E-state index in [-0.39, 0.29) is 32.4 Å². The van der Waals surface area contributed by atoms with Crippen molar-refractivity contribution in [3.8, 4) is 17.3 Å².